The molecule has 0 radical (unpaired) electrons. The number of ether oxygens (including phenoxy) is 3. The summed E-state index contributed by atoms with van der Waals surface area (Å²) in [7, 11) is 1.59. The molecule has 0 saturated carbocycles. The molecule has 0 atom stereocenters. The Morgan fingerprint density at radius 3 is 2.83 bits per heavy atom. The van der Waals surface area contributed by atoms with Gasteiger partial charge in [0.1, 0.15) is 5.75 Å². The van der Waals surface area contributed by atoms with Crippen LogP contribution in [0.2, 0.25) is 5.02 Å². The Morgan fingerprint density at radius 1 is 1.24 bits per heavy atom. The summed E-state index contributed by atoms with van der Waals surface area (Å²) in [5, 5.41) is 3.47. The SMILES string of the molecule is CCCN(CC(=O)Nc1ccccc1OC)Cc1cc(Cl)c2c(c1)OCCCO2. The second-order valence-electron chi connectivity index (χ2n) is 6.91. The first kappa shape index (κ1) is 21.3. The van der Waals surface area contributed by atoms with Crippen LogP contribution in [0, 0.1) is 0 Å². The highest BCUT2D eigenvalue weighted by Gasteiger charge is 2.18. The summed E-state index contributed by atoms with van der Waals surface area (Å²) in [5.41, 5.74) is 1.65. The molecule has 2 aromatic carbocycles. The van der Waals surface area contributed by atoms with Crippen LogP contribution in [0.4, 0.5) is 5.69 Å². The molecule has 1 aliphatic rings. The third kappa shape index (κ3) is 5.78. The van der Waals surface area contributed by atoms with Crippen LogP contribution in [-0.4, -0.2) is 44.2 Å². The minimum atomic E-state index is -0.0941. The zero-order chi connectivity index (χ0) is 20.6. The number of nitrogens with one attached hydrogen (secondary N) is 1. The van der Waals surface area contributed by atoms with Gasteiger partial charge in [0.15, 0.2) is 11.5 Å². The molecule has 7 heteroatoms. The molecule has 0 aliphatic carbocycles. The first-order chi connectivity index (χ1) is 14.1. The van der Waals surface area contributed by atoms with Crippen LogP contribution in [0.5, 0.6) is 17.2 Å². The molecule has 0 unspecified atom stereocenters. The number of anilines is 1. The van der Waals surface area contributed by atoms with Gasteiger partial charge < -0.3 is 19.5 Å². The van der Waals surface area contributed by atoms with Gasteiger partial charge in [0.05, 0.1) is 37.6 Å². The van der Waals surface area contributed by atoms with Gasteiger partial charge in [-0.1, -0.05) is 30.7 Å². The first-order valence-electron chi connectivity index (χ1n) is 9.84. The highest BCUT2D eigenvalue weighted by molar-refractivity contribution is 6.32. The summed E-state index contributed by atoms with van der Waals surface area (Å²) in [4.78, 5) is 14.7. The Bertz CT molecular complexity index is 844. The smallest absolute Gasteiger partial charge is 0.238 e. The topological polar surface area (TPSA) is 60.0 Å². The van der Waals surface area contributed by atoms with Crippen molar-refractivity contribution in [3.05, 3.63) is 47.0 Å². The molecule has 29 heavy (non-hydrogen) atoms. The molecule has 3 rings (SSSR count). The highest BCUT2D eigenvalue weighted by Crippen LogP contribution is 2.38. The number of benzene rings is 2. The number of hydrogen-bond acceptors (Lipinski definition) is 5. The lowest BCUT2D eigenvalue weighted by Crippen LogP contribution is -2.33. The van der Waals surface area contributed by atoms with Crippen molar-refractivity contribution < 1.29 is 19.0 Å². The van der Waals surface area contributed by atoms with E-state index in [0.717, 1.165) is 24.9 Å². The van der Waals surface area contributed by atoms with Crippen molar-refractivity contribution in [3.8, 4) is 17.2 Å². The Hall–Kier alpha value is -2.44. The minimum absolute atomic E-state index is 0.0941. The summed E-state index contributed by atoms with van der Waals surface area (Å²) in [6.45, 7) is 4.92. The van der Waals surface area contributed by atoms with Gasteiger partial charge in [-0.25, -0.2) is 0 Å². The molecule has 6 nitrogen and oxygen atoms in total. The minimum Gasteiger partial charge on any atom is -0.495 e. The van der Waals surface area contributed by atoms with Gasteiger partial charge in [0, 0.05) is 13.0 Å². The standard InChI is InChI=1S/C22H27ClN2O4/c1-3-9-25(15-21(26)24-18-7-4-5-8-19(18)27-2)14-16-12-17(23)22-20(13-16)28-10-6-11-29-22/h4-5,7-8,12-13H,3,6,9-11,14-15H2,1-2H3,(H,24,26). The summed E-state index contributed by atoms with van der Waals surface area (Å²) in [5.74, 6) is 1.81. The molecular formula is C22H27ClN2O4. The van der Waals surface area contributed by atoms with Crippen LogP contribution in [0.1, 0.15) is 25.3 Å². The van der Waals surface area contributed by atoms with E-state index in [1.54, 1.807) is 7.11 Å². The van der Waals surface area contributed by atoms with E-state index in [4.69, 9.17) is 25.8 Å². The number of rotatable bonds is 8. The van der Waals surface area contributed by atoms with Crippen molar-refractivity contribution in [3.63, 3.8) is 0 Å². The lowest BCUT2D eigenvalue weighted by Gasteiger charge is -2.22. The highest BCUT2D eigenvalue weighted by atomic mass is 35.5. The second kappa shape index (κ2) is 10.4. The quantitative estimate of drug-likeness (QED) is 0.690. The maximum Gasteiger partial charge on any atom is 0.238 e. The molecule has 1 aliphatic heterocycles. The maximum atomic E-state index is 12.6. The Morgan fingerprint density at radius 2 is 2.03 bits per heavy atom. The van der Waals surface area contributed by atoms with Gasteiger partial charge in [0.25, 0.3) is 0 Å². The number of fused-ring (bicyclic) bond motifs is 1. The number of carbonyl (C=O) groups is 1. The van der Waals surface area contributed by atoms with Crippen molar-refractivity contribution in [1.82, 2.24) is 4.90 Å². The number of amides is 1. The monoisotopic (exact) mass is 418 g/mol. The zero-order valence-electron chi connectivity index (χ0n) is 16.9. The van der Waals surface area contributed by atoms with Gasteiger partial charge >= 0.3 is 0 Å². The molecule has 156 valence electrons. The third-order valence-corrected chi connectivity index (χ3v) is 4.84. The molecule has 2 aromatic rings. The van der Waals surface area contributed by atoms with E-state index in [2.05, 4.69) is 17.1 Å². The third-order valence-electron chi connectivity index (χ3n) is 4.56. The number of hydrogen-bond donors (Lipinski definition) is 1. The molecular weight excluding hydrogens is 392 g/mol. The van der Waals surface area contributed by atoms with Crippen molar-refractivity contribution >= 4 is 23.2 Å². The predicted octanol–water partition coefficient (Wildman–Crippen LogP) is 4.36. The number of para-hydroxylation sites is 2. The Labute approximate surface area is 176 Å². The lowest BCUT2D eigenvalue weighted by atomic mass is 10.1. The number of halogens is 1. The molecule has 0 spiro atoms. The summed E-state index contributed by atoms with van der Waals surface area (Å²) in [6.07, 6.45) is 1.76. The summed E-state index contributed by atoms with van der Waals surface area (Å²) >= 11 is 6.41. The van der Waals surface area contributed by atoms with E-state index in [9.17, 15) is 4.79 Å². The van der Waals surface area contributed by atoms with E-state index >= 15 is 0 Å². The summed E-state index contributed by atoms with van der Waals surface area (Å²) in [6, 6.07) is 11.2. The Kier molecular flexibility index (Phi) is 7.61. The maximum absolute atomic E-state index is 12.6. The van der Waals surface area contributed by atoms with Crippen LogP contribution < -0.4 is 19.5 Å². The first-order valence-corrected chi connectivity index (χ1v) is 10.2. The molecule has 1 amide bonds. The van der Waals surface area contributed by atoms with E-state index < -0.39 is 0 Å². The van der Waals surface area contributed by atoms with Crippen LogP contribution in [0.3, 0.4) is 0 Å². The normalized spacial score (nSPS) is 13.1. The largest absolute Gasteiger partial charge is 0.495 e. The molecule has 1 N–H and O–H groups in total. The fourth-order valence-electron chi connectivity index (χ4n) is 3.30. The van der Waals surface area contributed by atoms with Gasteiger partial charge in [-0.3, -0.25) is 9.69 Å². The number of methoxy groups -OCH3 is 1. The van der Waals surface area contributed by atoms with Crippen LogP contribution >= 0.6 is 11.6 Å². The Balaban J connectivity index is 1.69. The lowest BCUT2D eigenvalue weighted by molar-refractivity contribution is -0.117. The molecule has 0 fully saturated rings. The number of nitrogens with zero attached hydrogens (tertiary/aromatic N) is 1. The van der Waals surface area contributed by atoms with Crippen molar-refractivity contribution in [2.45, 2.75) is 26.3 Å². The van der Waals surface area contributed by atoms with E-state index in [1.165, 1.54) is 0 Å². The zero-order valence-corrected chi connectivity index (χ0v) is 17.6. The van der Waals surface area contributed by atoms with Gasteiger partial charge in [-0.15, -0.1) is 0 Å². The number of carbonyl (C=O) groups excluding carboxylic acids is 1. The van der Waals surface area contributed by atoms with Gasteiger partial charge in [-0.2, -0.15) is 0 Å². The van der Waals surface area contributed by atoms with Crippen molar-refractivity contribution in [2.24, 2.45) is 0 Å². The average molecular weight is 419 g/mol. The fraction of sp³-hybridized carbons (Fsp3) is 0.409. The molecule has 0 saturated heterocycles. The van der Waals surface area contributed by atoms with Crippen molar-refractivity contribution in [2.75, 3.05) is 38.7 Å². The fourth-order valence-corrected chi connectivity index (χ4v) is 3.59. The average Bonchev–Trinajstić information content (AvgIpc) is 2.94. The second-order valence-corrected chi connectivity index (χ2v) is 7.32. The predicted molar refractivity (Wildman–Crippen MR) is 114 cm³/mol. The van der Waals surface area contributed by atoms with Crippen LogP contribution in [0.15, 0.2) is 36.4 Å². The van der Waals surface area contributed by atoms with Crippen LogP contribution in [0.25, 0.3) is 0 Å². The van der Waals surface area contributed by atoms with E-state index in [-0.39, 0.29) is 12.5 Å². The molecule has 0 bridgehead atoms. The van der Waals surface area contributed by atoms with Crippen LogP contribution in [-0.2, 0) is 11.3 Å². The van der Waals surface area contributed by atoms with Gasteiger partial charge in [0.2, 0.25) is 5.91 Å². The molecule has 1 heterocycles. The molecule has 0 aromatic heterocycles. The van der Waals surface area contributed by atoms with E-state index in [1.807, 2.05) is 36.4 Å². The van der Waals surface area contributed by atoms with E-state index in [0.29, 0.717) is 47.7 Å². The van der Waals surface area contributed by atoms with Gasteiger partial charge in [-0.05, 0) is 42.8 Å². The summed E-state index contributed by atoms with van der Waals surface area (Å²) < 4.78 is 16.8. The van der Waals surface area contributed by atoms with Crippen molar-refractivity contribution in [1.29, 1.82) is 0 Å².